The number of anilines is 1. The summed E-state index contributed by atoms with van der Waals surface area (Å²) >= 11 is 0. The largest absolute Gasteiger partial charge is 0.371 e. The van der Waals surface area contributed by atoms with Gasteiger partial charge in [0.1, 0.15) is 5.78 Å². The summed E-state index contributed by atoms with van der Waals surface area (Å²) in [5.74, 6) is -0.516. The van der Waals surface area contributed by atoms with E-state index in [9.17, 15) is 4.57 Å². The fourth-order valence-electron chi connectivity index (χ4n) is 2.68. The molecule has 0 aliphatic heterocycles. The third-order valence-electron chi connectivity index (χ3n) is 3.85. The van der Waals surface area contributed by atoms with Gasteiger partial charge in [-0.2, -0.15) is 0 Å². The van der Waals surface area contributed by atoms with Crippen molar-refractivity contribution in [3.05, 3.63) is 66.2 Å². The molecule has 0 saturated heterocycles. The quantitative estimate of drug-likeness (QED) is 0.609. The van der Waals surface area contributed by atoms with Gasteiger partial charge in [-0.1, -0.05) is 55.5 Å². The Balaban J connectivity index is 2.38. The molecule has 0 bridgehead atoms. The van der Waals surface area contributed by atoms with Gasteiger partial charge in [-0.15, -0.1) is 0 Å². The second-order valence-electron chi connectivity index (χ2n) is 5.53. The SMILES string of the molecule is CCOP(=O)(OCC)C(Nc1ccccc1)C(C)c1ccccc1. The zero-order chi connectivity index (χ0) is 17.4. The molecule has 0 amide bonds. The molecule has 2 unspecified atom stereocenters. The van der Waals surface area contributed by atoms with Gasteiger partial charge >= 0.3 is 7.60 Å². The fraction of sp³-hybridized carbons (Fsp3) is 0.368. The van der Waals surface area contributed by atoms with Crippen molar-refractivity contribution in [1.82, 2.24) is 0 Å². The molecule has 2 rings (SSSR count). The van der Waals surface area contributed by atoms with Crippen molar-refractivity contribution >= 4 is 13.3 Å². The highest BCUT2D eigenvalue weighted by Gasteiger charge is 2.40. The minimum Gasteiger partial charge on any atom is -0.371 e. The van der Waals surface area contributed by atoms with E-state index in [1.807, 2.05) is 81.4 Å². The third kappa shape index (κ3) is 4.70. The highest BCUT2D eigenvalue weighted by atomic mass is 31.2. The van der Waals surface area contributed by atoms with Crippen LogP contribution in [0.3, 0.4) is 0 Å². The Hall–Kier alpha value is -1.61. The van der Waals surface area contributed by atoms with Gasteiger partial charge in [-0.25, -0.2) is 0 Å². The van der Waals surface area contributed by atoms with Crippen molar-refractivity contribution < 1.29 is 13.6 Å². The highest BCUT2D eigenvalue weighted by molar-refractivity contribution is 7.54. The predicted molar refractivity (Wildman–Crippen MR) is 99.6 cm³/mol. The first-order valence-electron chi connectivity index (χ1n) is 8.36. The predicted octanol–water partition coefficient (Wildman–Crippen LogP) is 5.49. The molecular formula is C19H26NO3P. The van der Waals surface area contributed by atoms with Crippen molar-refractivity contribution in [2.45, 2.75) is 32.5 Å². The van der Waals surface area contributed by atoms with Gasteiger partial charge in [0.05, 0.1) is 13.2 Å². The zero-order valence-electron chi connectivity index (χ0n) is 14.5. The molecule has 0 radical (unpaired) electrons. The van der Waals surface area contributed by atoms with Crippen molar-refractivity contribution in [2.75, 3.05) is 18.5 Å². The van der Waals surface area contributed by atoms with Crippen LogP contribution in [0, 0.1) is 0 Å². The van der Waals surface area contributed by atoms with Crippen LogP contribution in [-0.2, 0) is 13.6 Å². The molecule has 4 nitrogen and oxygen atoms in total. The Bertz CT molecular complexity index is 638. The average Bonchev–Trinajstić information content (AvgIpc) is 2.61. The van der Waals surface area contributed by atoms with Crippen LogP contribution in [-0.4, -0.2) is 19.0 Å². The highest BCUT2D eigenvalue weighted by Crippen LogP contribution is 2.57. The monoisotopic (exact) mass is 347 g/mol. The van der Waals surface area contributed by atoms with Gasteiger partial charge in [-0.05, 0) is 31.5 Å². The lowest BCUT2D eigenvalue weighted by atomic mass is 10.0. The molecule has 0 fully saturated rings. The second kappa shape index (κ2) is 9.03. The van der Waals surface area contributed by atoms with Gasteiger partial charge in [0, 0.05) is 11.6 Å². The molecule has 2 atom stereocenters. The van der Waals surface area contributed by atoms with E-state index in [0.29, 0.717) is 13.2 Å². The van der Waals surface area contributed by atoms with Crippen molar-refractivity contribution in [3.63, 3.8) is 0 Å². The van der Waals surface area contributed by atoms with Crippen LogP contribution in [0.1, 0.15) is 32.3 Å². The maximum Gasteiger partial charge on any atom is 0.353 e. The molecule has 2 aromatic rings. The summed E-state index contributed by atoms with van der Waals surface area (Å²) in [6, 6.07) is 19.7. The number of hydrogen-bond acceptors (Lipinski definition) is 4. The summed E-state index contributed by atoms with van der Waals surface area (Å²) < 4.78 is 24.7. The maximum absolute atomic E-state index is 13.4. The van der Waals surface area contributed by atoms with Gasteiger partial charge in [0.15, 0.2) is 0 Å². The molecule has 5 heteroatoms. The number of benzene rings is 2. The van der Waals surface area contributed by atoms with Crippen LogP contribution >= 0.6 is 7.60 Å². The molecule has 0 aromatic heterocycles. The lowest BCUT2D eigenvalue weighted by molar-refractivity contribution is 0.211. The standard InChI is InChI=1S/C19H26NO3P/c1-4-22-24(21,23-5-2)19(20-18-14-10-7-11-15-18)16(3)17-12-8-6-9-13-17/h6-16,19-20H,4-5H2,1-3H3. The smallest absolute Gasteiger partial charge is 0.353 e. The summed E-state index contributed by atoms with van der Waals surface area (Å²) in [4.78, 5) is 0. The maximum atomic E-state index is 13.4. The van der Waals surface area contributed by atoms with Gasteiger partial charge in [-0.3, -0.25) is 4.57 Å². The Morgan fingerprint density at radius 3 is 1.92 bits per heavy atom. The summed E-state index contributed by atoms with van der Waals surface area (Å²) in [7, 11) is -3.33. The Morgan fingerprint density at radius 2 is 1.42 bits per heavy atom. The Morgan fingerprint density at radius 1 is 0.917 bits per heavy atom. The number of hydrogen-bond donors (Lipinski definition) is 1. The second-order valence-corrected chi connectivity index (χ2v) is 7.68. The minimum atomic E-state index is -3.33. The third-order valence-corrected chi connectivity index (χ3v) is 6.34. The van der Waals surface area contributed by atoms with Crippen LogP contribution in [0.25, 0.3) is 0 Å². The van der Waals surface area contributed by atoms with Crippen LogP contribution in [0.4, 0.5) is 5.69 Å². The zero-order valence-corrected chi connectivity index (χ0v) is 15.4. The molecule has 1 N–H and O–H groups in total. The van der Waals surface area contributed by atoms with Crippen molar-refractivity contribution in [1.29, 1.82) is 0 Å². The van der Waals surface area contributed by atoms with Crippen LogP contribution in [0.15, 0.2) is 60.7 Å². The Labute approximate surface area is 144 Å². The average molecular weight is 347 g/mol. The molecule has 0 aliphatic carbocycles. The minimum absolute atomic E-state index is 0.0460. The summed E-state index contributed by atoms with van der Waals surface area (Å²) in [6.45, 7) is 6.38. The van der Waals surface area contributed by atoms with Gasteiger partial charge in [0.2, 0.25) is 0 Å². The molecule has 0 aliphatic rings. The topological polar surface area (TPSA) is 47.6 Å². The lowest BCUT2D eigenvalue weighted by Crippen LogP contribution is -2.28. The Kier molecular flexibility index (Phi) is 7.04. The van der Waals surface area contributed by atoms with Crippen LogP contribution < -0.4 is 5.32 Å². The number of nitrogens with one attached hydrogen (secondary N) is 1. The van der Waals surface area contributed by atoms with Crippen molar-refractivity contribution in [3.8, 4) is 0 Å². The summed E-state index contributed by atoms with van der Waals surface area (Å²) in [6.07, 6.45) is 0. The summed E-state index contributed by atoms with van der Waals surface area (Å²) in [5.41, 5.74) is 1.98. The summed E-state index contributed by atoms with van der Waals surface area (Å²) in [5, 5.41) is 3.37. The number of rotatable bonds is 9. The molecule has 0 heterocycles. The molecule has 0 spiro atoms. The first-order chi connectivity index (χ1) is 11.6. The molecule has 0 saturated carbocycles. The van der Waals surface area contributed by atoms with E-state index >= 15 is 0 Å². The van der Waals surface area contributed by atoms with E-state index in [1.165, 1.54) is 0 Å². The van der Waals surface area contributed by atoms with E-state index in [-0.39, 0.29) is 5.92 Å². The van der Waals surface area contributed by atoms with Gasteiger partial charge < -0.3 is 14.4 Å². The number of para-hydroxylation sites is 1. The fourth-order valence-corrected chi connectivity index (χ4v) is 4.82. The van der Waals surface area contributed by atoms with E-state index in [0.717, 1.165) is 11.3 Å². The van der Waals surface area contributed by atoms with Crippen LogP contribution in [0.2, 0.25) is 0 Å². The van der Waals surface area contributed by atoms with Gasteiger partial charge in [0.25, 0.3) is 0 Å². The normalized spacial score (nSPS) is 14.1. The van der Waals surface area contributed by atoms with E-state index in [1.54, 1.807) is 0 Å². The first-order valence-corrected chi connectivity index (χ1v) is 9.97. The molecular weight excluding hydrogens is 321 g/mol. The van der Waals surface area contributed by atoms with E-state index in [2.05, 4.69) is 5.32 Å². The lowest BCUT2D eigenvalue weighted by Gasteiger charge is -2.32. The van der Waals surface area contributed by atoms with Crippen molar-refractivity contribution in [2.24, 2.45) is 0 Å². The first kappa shape index (κ1) is 18.7. The van der Waals surface area contributed by atoms with E-state index < -0.39 is 13.4 Å². The molecule has 130 valence electrons. The van der Waals surface area contributed by atoms with E-state index in [4.69, 9.17) is 9.05 Å². The molecule has 2 aromatic carbocycles. The molecule has 24 heavy (non-hydrogen) atoms. The van der Waals surface area contributed by atoms with Crippen LogP contribution in [0.5, 0.6) is 0 Å².